The average Bonchev–Trinajstić information content (AvgIpc) is 3.19. The Morgan fingerprint density at radius 2 is 2.00 bits per heavy atom. The molecule has 1 aliphatic heterocycles. The summed E-state index contributed by atoms with van der Waals surface area (Å²) in [6.07, 6.45) is 6.73. The molecule has 7 nitrogen and oxygen atoms in total. The maximum atomic E-state index is 6.26. The molecule has 158 valence electrons. The van der Waals surface area contributed by atoms with Crippen LogP contribution in [-0.4, -0.2) is 55.2 Å². The highest BCUT2D eigenvalue weighted by molar-refractivity contribution is 14.0. The van der Waals surface area contributed by atoms with Crippen molar-refractivity contribution in [2.24, 2.45) is 4.99 Å². The number of nitrogens with one attached hydrogen (secondary N) is 3. The standard InChI is InChI=1S/C20H28ClN7.HI/c1-22-20(26-12-5-4-11-24-18-8-2-3-10-23-18)27-16-9-14-28(15-16)19-17(21)7-6-13-25-19;/h2-3,6-8,10,13,16H,4-5,9,11-12,14-15H2,1H3,(H,23,24)(H2,22,26,27);1H. The van der Waals surface area contributed by atoms with Gasteiger partial charge >= 0.3 is 0 Å². The van der Waals surface area contributed by atoms with Crippen LogP contribution in [0.1, 0.15) is 19.3 Å². The number of nitrogens with zero attached hydrogens (tertiary/aromatic N) is 4. The van der Waals surface area contributed by atoms with Gasteiger partial charge in [0.25, 0.3) is 0 Å². The minimum Gasteiger partial charge on any atom is -0.370 e. The lowest BCUT2D eigenvalue weighted by molar-refractivity contribution is 0.639. The zero-order chi connectivity index (χ0) is 19.6. The Bertz CT molecular complexity index is 760. The van der Waals surface area contributed by atoms with Crippen LogP contribution >= 0.6 is 35.6 Å². The molecule has 2 aromatic rings. The number of anilines is 2. The quantitative estimate of drug-likeness (QED) is 0.211. The van der Waals surface area contributed by atoms with Crippen molar-refractivity contribution in [2.75, 3.05) is 43.4 Å². The van der Waals surface area contributed by atoms with Crippen molar-refractivity contribution in [1.29, 1.82) is 0 Å². The highest BCUT2D eigenvalue weighted by Crippen LogP contribution is 2.25. The van der Waals surface area contributed by atoms with Crippen LogP contribution in [0.5, 0.6) is 0 Å². The molecule has 1 unspecified atom stereocenters. The van der Waals surface area contributed by atoms with Gasteiger partial charge < -0.3 is 20.9 Å². The lowest BCUT2D eigenvalue weighted by Crippen LogP contribution is -2.45. The molecule has 9 heteroatoms. The number of pyridine rings is 2. The van der Waals surface area contributed by atoms with Crippen LogP contribution in [-0.2, 0) is 0 Å². The Morgan fingerprint density at radius 1 is 1.17 bits per heavy atom. The van der Waals surface area contributed by atoms with Gasteiger partial charge in [0, 0.05) is 51.7 Å². The molecule has 1 atom stereocenters. The summed E-state index contributed by atoms with van der Waals surface area (Å²) in [6.45, 7) is 3.59. The lowest BCUT2D eigenvalue weighted by Gasteiger charge is -2.20. The Labute approximate surface area is 194 Å². The number of halogens is 2. The first-order chi connectivity index (χ1) is 13.8. The molecule has 0 aromatic carbocycles. The molecular weight excluding hydrogens is 501 g/mol. The fraction of sp³-hybridized carbons (Fsp3) is 0.450. The minimum absolute atomic E-state index is 0. The van der Waals surface area contributed by atoms with Crippen LogP contribution in [0.25, 0.3) is 0 Å². The van der Waals surface area contributed by atoms with Gasteiger partial charge in [0.1, 0.15) is 11.6 Å². The van der Waals surface area contributed by atoms with Gasteiger partial charge in [-0.05, 0) is 43.5 Å². The predicted octanol–water partition coefficient (Wildman–Crippen LogP) is 3.38. The molecule has 0 aliphatic carbocycles. The van der Waals surface area contributed by atoms with Crippen LogP contribution in [0.3, 0.4) is 0 Å². The summed E-state index contributed by atoms with van der Waals surface area (Å²) in [7, 11) is 1.81. The Balaban J connectivity index is 0.00000300. The summed E-state index contributed by atoms with van der Waals surface area (Å²) in [6, 6.07) is 9.95. The van der Waals surface area contributed by atoms with E-state index in [0.717, 1.165) is 63.0 Å². The smallest absolute Gasteiger partial charge is 0.191 e. The van der Waals surface area contributed by atoms with E-state index in [4.69, 9.17) is 11.6 Å². The van der Waals surface area contributed by atoms with Gasteiger partial charge in [-0.25, -0.2) is 9.97 Å². The van der Waals surface area contributed by atoms with E-state index in [0.29, 0.717) is 11.1 Å². The van der Waals surface area contributed by atoms with Gasteiger partial charge in [-0.15, -0.1) is 24.0 Å². The van der Waals surface area contributed by atoms with Crippen molar-refractivity contribution in [1.82, 2.24) is 20.6 Å². The first-order valence-corrected chi connectivity index (χ1v) is 10.1. The van der Waals surface area contributed by atoms with Crippen molar-refractivity contribution in [3.63, 3.8) is 0 Å². The van der Waals surface area contributed by atoms with E-state index >= 15 is 0 Å². The molecular formula is C20H29ClIN7. The molecule has 3 rings (SSSR count). The number of guanidine groups is 1. The minimum atomic E-state index is 0. The van der Waals surface area contributed by atoms with E-state index in [1.807, 2.05) is 30.3 Å². The number of aromatic nitrogens is 2. The lowest BCUT2D eigenvalue weighted by atomic mass is 10.2. The molecule has 2 aromatic heterocycles. The van der Waals surface area contributed by atoms with Crippen LogP contribution in [0.2, 0.25) is 5.02 Å². The summed E-state index contributed by atoms with van der Waals surface area (Å²) in [5.74, 6) is 2.63. The molecule has 1 saturated heterocycles. The SMILES string of the molecule is CN=C(NCCCCNc1ccccn1)NC1CCN(c2ncccc2Cl)C1.I. The molecule has 3 heterocycles. The molecule has 29 heavy (non-hydrogen) atoms. The summed E-state index contributed by atoms with van der Waals surface area (Å²) < 4.78 is 0. The van der Waals surface area contributed by atoms with Crippen LogP contribution in [0, 0.1) is 0 Å². The zero-order valence-electron chi connectivity index (χ0n) is 16.6. The summed E-state index contributed by atoms with van der Waals surface area (Å²) in [5, 5.41) is 10.9. The summed E-state index contributed by atoms with van der Waals surface area (Å²) >= 11 is 6.26. The number of hydrogen-bond donors (Lipinski definition) is 3. The van der Waals surface area contributed by atoms with E-state index < -0.39 is 0 Å². The number of rotatable bonds is 8. The molecule has 1 aliphatic rings. The number of hydrogen-bond acceptors (Lipinski definition) is 5. The van der Waals surface area contributed by atoms with Gasteiger partial charge in [-0.3, -0.25) is 4.99 Å². The van der Waals surface area contributed by atoms with Gasteiger partial charge in [0.2, 0.25) is 0 Å². The molecule has 1 fully saturated rings. The second kappa shape index (κ2) is 12.7. The maximum absolute atomic E-state index is 6.26. The van der Waals surface area contributed by atoms with Crippen molar-refractivity contribution >= 4 is 53.2 Å². The Kier molecular flexibility index (Phi) is 10.3. The Hall–Kier alpha value is -1.81. The summed E-state index contributed by atoms with van der Waals surface area (Å²) in [5.41, 5.74) is 0. The number of unbranched alkanes of at least 4 members (excludes halogenated alkanes) is 1. The second-order valence-corrected chi connectivity index (χ2v) is 7.14. The highest BCUT2D eigenvalue weighted by atomic mass is 127. The third-order valence-corrected chi connectivity index (χ3v) is 4.95. The van der Waals surface area contributed by atoms with Crippen molar-refractivity contribution in [2.45, 2.75) is 25.3 Å². The fourth-order valence-electron chi connectivity index (χ4n) is 3.21. The molecule has 3 N–H and O–H groups in total. The van der Waals surface area contributed by atoms with E-state index in [-0.39, 0.29) is 24.0 Å². The predicted molar refractivity (Wildman–Crippen MR) is 132 cm³/mol. The average molecular weight is 530 g/mol. The monoisotopic (exact) mass is 529 g/mol. The van der Waals surface area contributed by atoms with Crippen molar-refractivity contribution in [3.05, 3.63) is 47.7 Å². The van der Waals surface area contributed by atoms with Gasteiger partial charge in [-0.1, -0.05) is 17.7 Å². The third-order valence-electron chi connectivity index (χ3n) is 4.66. The van der Waals surface area contributed by atoms with Crippen LogP contribution in [0.4, 0.5) is 11.6 Å². The molecule has 0 radical (unpaired) electrons. The van der Waals surface area contributed by atoms with E-state index in [2.05, 4.69) is 35.8 Å². The number of aliphatic imine (C=N–C) groups is 1. The van der Waals surface area contributed by atoms with Crippen LogP contribution < -0.4 is 20.9 Å². The summed E-state index contributed by atoms with van der Waals surface area (Å²) in [4.78, 5) is 15.2. The van der Waals surface area contributed by atoms with Gasteiger partial charge in [0.05, 0.1) is 5.02 Å². The second-order valence-electron chi connectivity index (χ2n) is 6.73. The molecule has 0 bridgehead atoms. The third kappa shape index (κ3) is 7.50. The van der Waals surface area contributed by atoms with E-state index in [1.54, 1.807) is 19.4 Å². The largest absolute Gasteiger partial charge is 0.370 e. The van der Waals surface area contributed by atoms with Crippen molar-refractivity contribution < 1.29 is 0 Å². The van der Waals surface area contributed by atoms with Crippen molar-refractivity contribution in [3.8, 4) is 0 Å². The first-order valence-electron chi connectivity index (χ1n) is 9.74. The highest BCUT2D eigenvalue weighted by Gasteiger charge is 2.25. The van der Waals surface area contributed by atoms with E-state index in [1.165, 1.54) is 0 Å². The maximum Gasteiger partial charge on any atom is 0.191 e. The fourth-order valence-corrected chi connectivity index (χ4v) is 3.45. The van der Waals surface area contributed by atoms with Gasteiger partial charge in [0.15, 0.2) is 5.96 Å². The van der Waals surface area contributed by atoms with Gasteiger partial charge in [-0.2, -0.15) is 0 Å². The Morgan fingerprint density at radius 3 is 2.76 bits per heavy atom. The normalized spacial score (nSPS) is 16.3. The first kappa shape index (κ1) is 23.5. The van der Waals surface area contributed by atoms with Crippen LogP contribution in [0.15, 0.2) is 47.7 Å². The van der Waals surface area contributed by atoms with E-state index in [9.17, 15) is 0 Å². The zero-order valence-corrected chi connectivity index (χ0v) is 19.7. The molecule has 0 saturated carbocycles. The molecule has 0 spiro atoms. The topological polar surface area (TPSA) is 77.5 Å². The molecule has 0 amide bonds.